The van der Waals surface area contributed by atoms with Crippen LogP contribution in [-0.4, -0.2) is 24.5 Å². The number of rotatable bonds is 5. The van der Waals surface area contributed by atoms with Crippen LogP contribution in [0.1, 0.15) is 36.6 Å². The third-order valence-corrected chi connectivity index (χ3v) is 3.07. The van der Waals surface area contributed by atoms with E-state index in [4.69, 9.17) is 10.5 Å². The van der Waals surface area contributed by atoms with Crippen LogP contribution in [0.2, 0.25) is 0 Å². The van der Waals surface area contributed by atoms with Gasteiger partial charge in [0.2, 0.25) is 5.91 Å². The zero-order chi connectivity index (χ0) is 15.3. The molecule has 0 saturated heterocycles. The zero-order valence-corrected chi connectivity index (χ0v) is 12.4. The van der Waals surface area contributed by atoms with Crippen molar-refractivity contribution in [3.63, 3.8) is 0 Å². The molecule has 3 N–H and O–H groups in total. The Balaban J connectivity index is 2.72. The molecule has 2 unspecified atom stereocenters. The van der Waals surface area contributed by atoms with Gasteiger partial charge >= 0.3 is 5.97 Å². The van der Waals surface area contributed by atoms with E-state index in [2.05, 4.69) is 5.32 Å². The molecular weight excluding hydrogens is 256 g/mol. The summed E-state index contributed by atoms with van der Waals surface area (Å²) in [5.41, 5.74) is 8.79. The molecule has 0 saturated carbocycles. The number of aryl methyl sites for hydroxylation is 2. The van der Waals surface area contributed by atoms with E-state index in [9.17, 15) is 9.59 Å². The van der Waals surface area contributed by atoms with Crippen molar-refractivity contribution in [3.8, 4) is 0 Å². The smallest absolute Gasteiger partial charge is 0.332 e. The standard InChI is InChI=1S/C15H22N2O3/c1-5-20-15(19)13(16)14(18)17-11(4)12-7-6-9(2)8-10(12)3/h6-8,11,13H,5,16H2,1-4H3,(H,17,18). The third kappa shape index (κ3) is 4.06. The van der Waals surface area contributed by atoms with E-state index in [1.54, 1.807) is 6.92 Å². The summed E-state index contributed by atoms with van der Waals surface area (Å²) < 4.78 is 4.73. The average Bonchev–Trinajstić information content (AvgIpc) is 2.37. The number of hydrogen-bond donors (Lipinski definition) is 2. The van der Waals surface area contributed by atoms with Gasteiger partial charge in [-0.25, -0.2) is 4.79 Å². The molecular formula is C15H22N2O3. The van der Waals surface area contributed by atoms with Gasteiger partial charge in [-0.2, -0.15) is 0 Å². The molecule has 0 fully saturated rings. The summed E-state index contributed by atoms with van der Waals surface area (Å²) in [4.78, 5) is 23.3. The van der Waals surface area contributed by atoms with Crippen LogP contribution in [0.15, 0.2) is 18.2 Å². The molecule has 0 bridgehead atoms. The van der Waals surface area contributed by atoms with Crippen molar-refractivity contribution in [1.29, 1.82) is 0 Å². The Morgan fingerprint density at radius 2 is 2.00 bits per heavy atom. The number of benzene rings is 1. The number of carbonyl (C=O) groups excluding carboxylic acids is 2. The van der Waals surface area contributed by atoms with Crippen molar-refractivity contribution in [2.45, 2.75) is 39.8 Å². The molecule has 5 heteroatoms. The molecule has 0 radical (unpaired) electrons. The zero-order valence-electron chi connectivity index (χ0n) is 12.4. The Morgan fingerprint density at radius 1 is 1.35 bits per heavy atom. The lowest BCUT2D eigenvalue weighted by molar-refractivity contribution is -0.148. The molecule has 1 amide bonds. The molecule has 0 heterocycles. The number of nitrogens with one attached hydrogen (secondary N) is 1. The maximum atomic E-state index is 11.9. The first-order valence-electron chi connectivity index (χ1n) is 6.66. The molecule has 20 heavy (non-hydrogen) atoms. The lowest BCUT2D eigenvalue weighted by atomic mass is 10.00. The van der Waals surface area contributed by atoms with Gasteiger partial charge < -0.3 is 15.8 Å². The van der Waals surface area contributed by atoms with Crippen LogP contribution < -0.4 is 11.1 Å². The summed E-state index contributed by atoms with van der Waals surface area (Å²) in [5.74, 6) is -1.24. The van der Waals surface area contributed by atoms with Crippen LogP contribution >= 0.6 is 0 Å². The van der Waals surface area contributed by atoms with Gasteiger partial charge in [-0.1, -0.05) is 23.8 Å². The summed E-state index contributed by atoms with van der Waals surface area (Å²) in [6.45, 7) is 7.72. The fraction of sp³-hybridized carbons (Fsp3) is 0.467. The van der Waals surface area contributed by atoms with Crippen LogP contribution in [0.4, 0.5) is 0 Å². The normalized spacial score (nSPS) is 13.4. The van der Waals surface area contributed by atoms with E-state index in [1.807, 2.05) is 39.0 Å². The highest BCUT2D eigenvalue weighted by molar-refractivity contribution is 6.01. The number of nitrogens with two attached hydrogens (primary N) is 1. The quantitative estimate of drug-likeness (QED) is 0.629. The summed E-state index contributed by atoms with van der Waals surface area (Å²) >= 11 is 0. The molecule has 1 aromatic rings. The highest BCUT2D eigenvalue weighted by Crippen LogP contribution is 2.18. The summed E-state index contributed by atoms with van der Waals surface area (Å²) in [6, 6.07) is 4.48. The largest absolute Gasteiger partial charge is 0.464 e. The predicted molar refractivity (Wildman–Crippen MR) is 77.1 cm³/mol. The number of ether oxygens (including phenoxy) is 1. The van der Waals surface area contributed by atoms with Gasteiger partial charge in [-0.15, -0.1) is 0 Å². The minimum atomic E-state index is -1.29. The minimum Gasteiger partial charge on any atom is -0.464 e. The number of carbonyl (C=O) groups is 2. The van der Waals surface area contributed by atoms with Crippen molar-refractivity contribution in [1.82, 2.24) is 5.32 Å². The number of amides is 1. The molecule has 1 aromatic carbocycles. The number of hydrogen-bond acceptors (Lipinski definition) is 4. The maximum absolute atomic E-state index is 11.9. The topological polar surface area (TPSA) is 81.4 Å². The van der Waals surface area contributed by atoms with Gasteiger partial charge in [0, 0.05) is 0 Å². The van der Waals surface area contributed by atoms with Gasteiger partial charge in [0.25, 0.3) is 0 Å². The van der Waals surface area contributed by atoms with E-state index in [0.717, 1.165) is 16.7 Å². The lowest BCUT2D eigenvalue weighted by Crippen LogP contribution is -2.47. The van der Waals surface area contributed by atoms with Crippen molar-refractivity contribution >= 4 is 11.9 Å². The second-order valence-electron chi connectivity index (χ2n) is 4.82. The Hall–Kier alpha value is -1.88. The fourth-order valence-corrected chi connectivity index (χ4v) is 2.03. The van der Waals surface area contributed by atoms with Crippen LogP contribution in [0.5, 0.6) is 0 Å². The fourth-order valence-electron chi connectivity index (χ4n) is 2.03. The summed E-state index contributed by atoms with van der Waals surface area (Å²) in [7, 11) is 0. The van der Waals surface area contributed by atoms with Crippen LogP contribution in [0.25, 0.3) is 0 Å². The van der Waals surface area contributed by atoms with Gasteiger partial charge in [0.1, 0.15) is 0 Å². The Morgan fingerprint density at radius 3 is 2.55 bits per heavy atom. The first kappa shape index (κ1) is 16.2. The van der Waals surface area contributed by atoms with E-state index >= 15 is 0 Å². The number of esters is 1. The molecule has 0 aliphatic carbocycles. The molecule has 0 aliphatic heterocycles. The minimum absolute atomic E-state index is 0.201. The monoisotopic (exact) mass is 278 g/mol. The van der Waals surface area contributed by atoms with E-state index in [0.29, 0.717) is 0 Å². The molecule has 110 valence electrons. The Labute approximate surface area is 119 Å². The predicted octanol–water partition coefficient (Wildman–Crippen LogP) is 1.37. The van der Waals surface area contributed by atoms with Crippen molar-refractivity contribution in [2.24, 2.45) is 5.73 Å². The second kappa shape index (κ2) is 7.05. The summed E-state index contributed by atoms with van der Waals surface area (Å²) in [6.07, 6.45) is 0. The highest BCUT2D eigenvalue weighted by atomic mass is 16.5. The summed E-state index contributed by atoms with van der Waals surface area (Å²) in [5, 5.41) is 2.73. The molecule has 2 atom stereocenters. The first-order valence-corrected chi connectivity index (χ1v) is 6.66. The van der Waals surface area contributed by atoms with E-state index in [1.165, 1.54) is 0 Å². The second-order valence-corrected chi connectivity index (χ2v) is 4.82. The van der Waals surface area contributed by atoms with Crippen LogP contribution in [0.3, 0.4) is 0 Å². The molecule has 1 rings (SSSR count). The maximum Gasteiger partial charge on any atom is 0.332 e. The molecule has 0 aliphatic rings. The van der Waals surface area contributed by atoms with E-state index in [-0.39, 0.29) is 12.6 Å². The molecule has 0 spiro atoms. The van der Waals surface area contributed by atoms with Crippen LogP contribution in [0, 0.1) is 13.8 Å². The van der Waals surface area contributed by atoms with E-state index < -0.39 is 17.9 Å². The molecule has 0 aromatic heterocycles. The van der Waals surface area contributed by atoms with Gasteiger partial charge in [0.15, 0.2) is 6.04 Å². The Kier molecular flexibility index (Phi) is 5.70. The molecule has 5 nitrogen and oxygen atoms in total. The first-order chi connectivity index (χ1) is 9.36. The van der Waals surface area contributed by atoms with Gasteiger partial charge in [-0.05, 0) is 38.8 Å². The van der Waals surface area contributed by atoms with Crippen molar-refractivity contribution < 1.29 is 14.3 Å². The Bertz CT molecular complexity index is 500. The van der Waals surface area contributed by atoms with Crippen molar-refractivity contribution in [2.75, 3.05) is 6.61 Å². The average molecular weight is 278 g/mol. The lowest BCUT2D eigenvalue weighted by Gasteiger charge is -2.19. The van der Waals surface area contributed by atoms with Crippen molar-refractivity contribution in [3.05, 3.63) is 34.9 Å². The highest BCUT2D eigenvalue weighted by Gasteiger charge is 2.25. The van der Waals surface area contributed by atoms with Crippen LogP contribution in [-0.2, 0) is 14.3 Å². The van der Waals surface area contributed by atoms with Gasteiger partial charge in [-0.3, -0.25) is 4.79 Å². The van der Waals surface area contributed by atoms with Gasteiger partial charge in [0.05, 0.1) is 12.6 Å². The third-order valence-electron chi connectivity index (χ3n) is 3.07. The SMILES string of the molecule is CCOC(=O)C(N)C(=O)NC(C)c1ccc(C)cc1C.